The maximum absolute atomic E-state index is 12.3. The molecular weight excluding hydrogens is 390 g/mol. The van der Waals surface area contributed by atoms with Gasteiger partial charge in [-0.25, -0.2) is 4.79 Å². The van der Waals surface area contributed by atoms with Crippen LogP contribution in [0.1, 0.15) is 18.4 Å². The Morgan fingerprint density at radius 3 is 2.55 bits per heavy atom. The molecule has 2 N–H and O–H groups in total. The Labute approximate surface area is 176 Å². The molecule has 0 aliphatic carbocycles. The van der Waals surface area contributed by atoms with Crippen LogP contribution in [-0.2, 0) is 6.54 Å². The Morgan fingerprint density at radius 2 is 1.79 bits per heavy atom. The van der Waals surface area contributed by atoms with Gasteiger partial charge in [0, 0.05) is 30.7 Å². The molecule has 2 amide bonds. The molecule has 0 aromatic heterocycles. The second-order valence-electron chi connectivity index (χ2n) is 7.53. The van der Waals surface area contributed by atoms with Gasteiger partial charge in [0.15, 0.2) is 17.6 Å². The number of amides is 2. The molecule has 0 bridgehead atoms. The lowest BCUT2D eigenvalue weighted by Crippen LogP contribution is -2.50. The zero-order chi connectivity index (χ0) is 20.1. The summed E-state index contributed by atoms with van der Waals surface area (Å²) in [7, 11) is 0. The number of para-hydroxylation sites is 2. The summed E-state index contributed by atoms with van der Waals surface area (Å²) in [4.78, 5) is 14.7. The minimum absolute atomic E-state index is 0.149. The minimum atomic E-state index is -0.183. The van der Waals surface area contributed by atoms with Crippen LogP contribution in [0, 0.1) is 0 Å². The Kier molecular flexibility index (Phi) is 6.42. The number of urea groups is 1. The van der Waals surface area contributed by atoms with Crippen LogP contribution in [0.15, 0.2) is 48.5 Å². The molecule has 2 heterocycles. The molecule has 0 spiro atoms. The fourth-order valence-electron chi connectivity index (χ4n) is 3.69. The first kappa shape index (κ1) is 19.9. The van der Waals surface area contributed by atoms with Gasteiger partial charge in [0.05, 0.1) is 6.54 Å². The molecule has 0 saturated carbocycles. The van der Waals surface area contributed by atoms with E-state index in [4.69, 9.17) is 21.1 Å². The maximum atomic E-state index is 12.3. The number of hydrogen-bond acceptors (Lipinski definition) is 4. The minimum Gasteiger partial charge on any atom is -0.486 e. The number of nitrogens with zero attached hydrogens (tertiary/aromatic N) is 1. The van der Waals surface area contributed by atoms with Gasteiger partial charge in [-0.2, -0.15) is 0 Å². The predicted molar refractivity (Wildman–Crippen MR) is 113 cm³/mol. The summed E-state index contributed by atoms with van der Waals surface area (Å²) in [6, 6.07) is 15.6. The average molecular weight is 416 g/mol. The van der Waals surface area contributed by atoms with Crippen molar-refractivity contribution in [3.05, 3.63) is 59.1 Å². The van der Waals surface area contributed by atoms with Crippen molar-refractivity contribution in [3.63, 3.8) is 0 Å². The molecule has 2 aliphatic rings. The van der Waals surface area contributed by atoms with Crippen LogP contribution in [0.3, 0.4) is 0 Å². The predicted octanol–water partition coefficient (Wildman–Crippen LogP) is 3.44. The second kappa shape index (κ2) is 9.37. The van der Waals surface area contributed by atoms with Crippen molar-refractivity contribution >= 4 is 17.6 Å². The zero-order valence-corrected chi connectivity index (χ0v) is 17.0. The van der Waals surface area contributed by atoms with E-state index in [-0.39, 0.29) is 18.2 Å². The average Bonchev–Trinajstić information content (AvgIpc) is 2.75. The number of carbonyl (C=O) groups excluding carboxylic acids is 1. The van der Waals surface area contributed by atoms with Gasteiger partial charge in [-0.15, -0.1) is 0 Å². The van der Waals surface area contributed by atoms with Gasteiger partial charge in [0.25, 0.3) is 0 Å². The molecule has 1 unspecified atom stereocenters. The van der Waals surface area contributed by atoms with Crippen LogP contribution in [0.25, 0.3) is 0 Å². The van der Waals surface area contributed by atoms with Gasteiger partial charge >= 0.3 is 6.03 Å². The number of carbonyl (C=O) groups is 1. The number of rotatable bonds is 5. The molecule has 6 nitrogen and oxygen atoms in total. The lowest BCUT2D eigenvalue weighted by molar-refractivity contribution is 0.0915. The van der Waals surface area contributed by atoms with Crippen LogP contribution in [0.5, 0.6) is 11.5 Å². The molecule has 154 valence electrons. The molecule has 2 aromatic carbocycles. The highest BCUT2D eigenvalue weighted by molar-refractivity contribution is 6.30. The van der Waals surface area contributed by atoms with E-state index < -0.39 is 0 Å². The quantitative estimate of drug-likeness (QED) is 0.785. The number of ether oxygens (including phenoxy) is 2. The fourth-order valence-corrected chi connectivity index (χ4v) is 3.82. The third kappa shape index (κ3) is 5.55. The van der Waals surface area contributed by atoms with E-state index in [1.165, 1.54) is 5.56 Å². The maximum Gasteiger partial charge on any atom is 0.315 e. The fraction of sp³-hybridized carbons (Fsp3) is 0.409. The highest BCUT2D eigenvalue weighted by atomic mass is 35.5. The first-order valence-electron chi connectivity index (χ1n) is 10.1. The van der Waals surface area contributed by atoms with E-state index in [0.29, 0.717) is 13.2 Å². The summed E-state index contributed by atoms with van der Waals surface area (Å²) >= 11 is 5.95. The van der Waals surface area contributed by atoms with E-state index in [1.54, 1.807) is 0 Å². The van der Waals surface area contributed by atoms with Crippen LogP contribution >= 0.6 is 11.6 Å². The van der Waals surface area contributed by atoms with Gasteiger partial charge in [-0.3, -0.25) is 4.90 Å². The van der Waals surface area contributed by atoms with Gasteiger partial charge in [0.1, 0.15) is 6.61 Å². The number of hydrogen-bond donors (Lipinski definition) is 2. The summed E-state index contributed by atoms with van der Waals surface area (Å²) in [5, 5.41) is 6.75. The Morgan fingerprint density at radius 1 is 1.07 bits per heavy atom. The van der Waals surface area contributed by atoms with Crippen LogP contribution in [0.4, 0.5) is 4.79 Å². The molecule has 1 fully saturated rings. The van der Waals surface area contributed by atoms with Gasteiger partial charge < -0.3 is 20.1 Å². The number of piperidine rings is 1. The van der Waals surface area contributed by atoms with Crippen molar-refractivity contribution in [2.75, 3.05) is 26.2 Å². The first-order valence-corrected chi connectivity index (χ1v) is 10.4. The number of nitrogens with one attached hydrogen (secondary N) is 2. The topological polar surface area (TPSA) is 62.8 Å². The normalized spacial score (nSPS) is 19.6. The molecule has 7 heteroatoms. The Bertz CT molecular complexity index is 822. The summed E-state index contributed by atoms with van der Waals surface area (Å²) in [6.45, 7) is 3.68. The van der Waals surface area contributed by atoms with Gasteiger partial charge in [-0.05, 0) is 42.7 Å². The summed E-state index contributed by atoms with van der Waals surface area (Å²) in [5.41, 5.74) is 1.26. The van der Waals surface area contributed by atoms with Crippen molar-refractivity contribution in [2.24, 2.45) is 0 Å². The van der Waals surface area contributed by atoms with Crippen molar-refractivity contribution < 1.29 is 14.3 Å². The molecule has 4 rings (SSSR count). The lowest BCUT2D eigenvalue weighted by Gasteiger charge is -2.32. The number of fused-ring (bicyclic) bond motifs is 1. The van der Waals surface area contributed by atoms with Crippen molar-refractivity contribution in [1.29, 1.82) is 0 Å². The second-order valence-corrected chi connectivity index (χ2v) is 7.97. The SMILES string of the molecule is O=C(NCC1COc2ccccc2O1)NC1CCN(Cc2ccc(Cl)cc2)CC1. The Hall–Kier alpha value is -2.44. The standard InChI is InChI=1S/C22H26ClN3O3/c23-17-7-5-16(6-8-17)14-26-11-9-18(10-12-26)25-22(27)24-13-19-15-28-20-3-1-2-4-21(20)29-19/h1-8,18-19H,9-15H2,(H2,24,25,27). The third-order valence-electron chi connectivity index (χ3n) is 5.30. The largest absolute Gasteiger partial charge is 0.486 e. The summed E-state index contributed by atoms with van der Waals surface area (Å²) < 4.78 is 11.5. The highest BCUT2D eigenvalue weighted by Gasteiger charge is 2.23. The molecule has 1 atom stereocenters. The zero-order valence-electron chi connectivity index (χ0n) is 16.3. The van der Waals surface area contributed by atoms with E-state index >= 15 is 0 Å². The van der Waals surface area contributed by atoms with Crippen molar-refractivity contribution in [2.45, 2.75) is 31.5 Å². The van der Waals surface area contributed by atoms with Gasteiger partial charge in [-0.1, -0.05) is 35.9 Å². The first-order chi connectivity index (χ1) is 14.2. The molecule has 2 aromatic rings. The van der Waals surface area contributed by atoms with E-state index in [9.17, 15) is 4.79 Å². The number of likely N-dealkylation sites (tertiary alicyclic amines) is 1. The van der Waals surface area contributed by atoms with Crippen LogP contribution in [0.2, 0.25) is 5.02 Å². The van der Waals surface area contributed by atoms with Crippen LogP contribution < -0.4 is 20.1 Å². The molecular formula is C22H26ClN3O3. The van der Waals surface area contributed by atoms with Crippen molar-refractivity contribution in [1.82, 2.24) is 15.5 Å². The molecule has 1 saturated heterocycles. The smallest absolute Gasteiger partial charge is 0.315 e. The molecule has 2 aliphatic heterocycles. The van der Waals surface area contributed by atoms with E-state index in [2.05, 4.69) is 27.7 Å². The summed E-state index contributed by atoms with van der Waals surface area (Å²) in [5.74, 6) is 1.47. The monoisotopic (exact) mass is 415 g/mol. The summed E-state index contributed by atoms with van der Waals surface area (Å²) in [6.07, 6.45) is 1.70. The molecule has 0 radical (unpaired) electrons. The van der Waals surface area contributed by atoms with Gasteiger partial charge in [0.2, 0.25) is 0 Å². The number of halogens is 1. The highest BCUT2D eigenvalue weighted by Crippen LogP contribution is 2.30. The van der Waals surface area contributed by atoms with E-state index in [1.807, 2.05) is 36.4 Å². The van der Waals surface area contributed by atoms with E-state index in [0.717, 1.165) is 49.0 Å². The Balaban J connectivity index is 1.15. The third-order valence-corrected chi connectivity index (χ3v) is 5.55. The number of benzene rings is 2. The van der Waals surface area contributed by atoms with Crippen molar-refractivity contribution in [3.8, 4) is 11.5 Å². The molecule has 29 heavy (non-hydrogen) atoms. The lowest BCUT2D eigenvalue weighted by atomic mass is 10.0. The van der Waals surface area contributed by atoms with Crippen LogP contribution in [-0.4, -0.2) is 49.3 Å².